The van der Waals surface area contributed by atoms with Gasteiger partial charge in [-0.2, -0.15) is 0 Å². The van der Waals surface area contributed by atoms with E-state index in [1.165, 1.54) is 5.56 Å². The molecule has 0 saturated carbocycles. The van der Waals surface area contributed by atoms with Crippen LogP contribution in [0, 0.1) is 0 Å². The van der Waals surface area contributed by atoms with E-state index >= 15 is 0 Å². The highest BCUT2D eigenvalue weighted by Gasteiger charge is 2.30. The second-order valence-electron chi connectivity index (χ2n) is 6.13. The van der Waals surface area contributed by atoms with Crippen LogP contribution in [0.2, 0.25) is 0 Å². The molecule has 2 aliphatic rings. The smallest absolute Gasteiger partial charge is 0.237 e. The predicted molar refractivity (Wildman–Crippen MR) is 95.8 cm³/mol. The maximum atomic E-state index is 12.7. The van der Waals surface area contributed by atoms with Crippen LogP contribution in [0.5, 0.6) is 11.5 Å². The lowest BCUT2D eigenvalue weighted by atomic mass is 10.1. The number of carbonyl (C=O) groups is 1. The Labute approximate surface area is 145 Å². The van der Waals surface area contributed by atoms with Crippen molar-refractivity contribution in [1.29, 1.82) is 0 Å². The van der Waals surface area contributed by atoms with Crippen molar-refractivity contribution < 1.29 is 14.3 Å². The Morgan fingerprint density at radius 1 is 1.21 bits per heavy atom. The van der Waals surface area contributed by atoms with Gasteiger partial charge in [-0.3, -0.25) is 4.79 Å². The van der Waals surface area contributed by atoms with Crippen molar-refractivity contribution in [1.82, 2.24) is 0 Å². The number of nitrogens with zero attached hydrogens (tertiary/aromatic N) is 1. The van der Waals surface area contributed by atoms with Gasteiger partial charge in [0, 0.05) is 17.5 Å². The van der Waals surface area contributed by atoms with E-state index in [4.69, 9.17) is 9.47 Å². The molecule has 0 saturated heterocycles. The number of benzene rings is 2. The van der Waals surface area contributed by atoms with Crippen LogP contribution in [0.3, 0.4) is 0 Å². The summed E-state index contributed by atoms with van der Waals surface area (Å²) < 4.78 is 10.7. The van der Waals surface area contributed by atoms with Crippen LogP contribution in [0.4, 0.5) is 5.69 Å². The topological polar surface area (TPSA) is 38.8 Å². The van der Waals surface area contributed by atoms with Gasteiger partial charge in [0.1, 0.15) is 0 Å². The third-order valence-corrected chi connectivity index (χ3v) is 5.40. The minimum atomic E-state index is 0.179. The molecule has 0 N–H and O–H groups in total. The first kappa shape index (κ1) is 15.4. The number of anilines is 1. The summed E-state index contributed by atoms with van der Waals surface area (Å²) in [5.74, 6) is 3.03. The Morgan fingerprint density at radius 3 is 2.96 bits per heavy atom. The molecule has 0 spiro atoms. The Balaban J connectivity index is 1.37. The number of ether oxygens (including phenoxy) is 2. The molecule has 0 unspecified atom stereocenters. The van der Waals surface area contributed by atoms with E-state index in [2.05, 4.69) is 13.0 Å². The Kier molecular flexibility index (Phi) is 4.10. The first-order valence-corrected chi connectivity index (χ1v) is 9.24. The van der Waals surface area contributed by atoms with Gasteiger partial charge in [-0.1, -0.05) is 24.3 Å². The molecule has 4 rings (SSSR count). The Bertz CT molecular complexity index is 777. The van der Waals surface area contributed by atoms with E-state index in [-0.39, 0.29) is 18.7 Å². The molecular weight excluding hydrogens is 322 g/mol. The number of amides is 1. The van der Waals surface area contributed by atoms with Gasteiger partial charge in [0.15, 0.2) is 11.5 Å². The molecule has 2 heterocycles. The monoisotopic (exact) mass is 341 g/mol. The zero-order chi connectivity index (χ0) is 16.5. The van der Waals surface area contributed by atoms with Gasteiger partial charge in [0.2, 0.25) is 12.7 Å². The molecule has 0 aromatic heterocycles. The van der Waals surface area contributed by atoms with E-state index in [1.807, 2.05) is 41.3 Å². The predicted octanol–water partition coefficient (Wildman–Crippen LogP) is 3.63. The molecule has 2 aromatic carbocycles. The molecule has 1 atom stereocenters. The van der Waals surface area contributed by atoms with Gasteiger partial charge in [0.05, 0.1) is 5.75 Å². The van der Waals surface area contributed by atoms with Crippen LogP contribution in [0.15, 0.2) is 42.5 Å². The lowest BCUT2D eigenvalue weighted by Crippen LogP contribution is -2.37. The fourth-order valence-electron chi connectivity index (χ4n) is 3.30. The summed E-state index contributed by atoms with van der Waals surface area (Å²) in [6.07, 6.45) is 0.939. The highest BCUT2D eigenvalue weighted by atomic mass is 32.2. The molecule has 24 heavy (non-hydrogen) atoms. The molecule has 0 aliphatic carbocycles. The van der Waals surface area contributed by atoms with Gasteiger partial charge >= 0.3 is 0 Å². The van der Waals surface area contributed by atoms with Gasteiger partial charge in [-0.15, -0.1) is 11.8 Å². The molecule has 0 bridgehead atoms. The van der Waals surface area contributed by atoms with Gasteiger partial charge in [-0.05, 0) is 42.7 Å². The summed E-state index contributed by atoms with van der Waals surface area (Å²) in [6, 6.07) is 14.4. The summed E-state index contributed by atoms with van der Waals surface area (Å²) in [6.45, 7) is 2.40. The Hall–Kier alpha value is -2.14. The number of thioether (sulfide) groups is 1. The molecule has 5 heteroatoms. The van der Waals surface area contributed by atoms with E-state index in [9.17, 15) is 4.79 Å². The number of fused-ring (bicyclic) bond motifs is 2. The Morgan fingerprint density at radius 2 is 2.04 bits per heavy atom. The fraction of sp³-hybridized carbons (Fsp3) is 0.316. The van der Waals surface area contributed by atoms with Crippen molar-refractivity contribution in [3.05, 3.63) is 53.6 Å². The number of rotatable bonds is 4. The third-order valence-electron chi connectivity index (χ3n) is 4.41. The van der Waals surface area contributed by atoms with Crippen LogP contribution in [-0.2, 0) is 17.0 Å². The lowest BCUT2D eigenvalue weighted by molar-refractivity contribution is -0.116. The molecule has 2 aromatic rings. The van der Waals surface area contributed by atoms with E-state index in [1.54, 1.807) is 11.8 Å². The van der Waals surface area contributed by atoms with Crippen molar-refractivity contribution in [2.45, 2.75) is 25.1 Å². The first-order chi connectivity index (χ1) is 11.7. The largest absolute Gasteiger partial charge is 0.454 e. The summed E-state index contributed by atoms with van der Waals surface area (Å²) in [4.78, 5) is 14.6. The van der Waals surface area contributed by atoms with Crippen molar-refractivity contribution in [3.63, 3.8) is 0 Å². The molecular formula is C19H19NO3S. The van der Waals surface area contributed by atoms with E-state index < -0.39 is 0 Å². The molecule has 1 amide bonds. The molecule has 4 nitrogen and oxygen atoms in total. The van der Waals surface area contributed by atoms with Crippen molar-refractivity contribution in [3.8, 4) is 11.5 Å². The number of hydrogen-bond donors (Lipinski definition) is 0. The third kappa shape index (κ3) is 2.84. The quantitative estimate of drug-likeness (QED) is 0.851. The fourth-order valence-corrected chi connectivity index (χ4v) is 4.13. The van der Waals surface area contributed by atoms with Crippen LogP contribution in [0.1, 0.15) is 18.1 Å². The summed E-state index contributed by atoms with van der Waals surface area (Å²) in [5, 5.41) is 0. The first-order valence-electron chi connectivity index (χ1n) is 8.08. The maximum absolute atomic E-state index is 12.7. The van der Waals surface area contributed by atoms with Crippen molar-refractivity contribution >= 4 is 23.4 Å². The average Bonchev–Trinajstić information content (AvgIpc) is 3.17. The standard InChI is InChI=1S/C19H19NO3S/c1-13-8-15-4-2-3-5-16(15)20(13)19(21)11-24-10-14-6-7-17-18(9-14)23-12-22-17/h2-7,9,13H,8,10-12H2,1H3/t13-/m1/s1. The lowest BCUT2D eigenvalue weighted by Gasteiger charge is -2.22. The summed E-state index contributed by atoms with van der Waals surface area (Å²) in [7, 11) is 0. The SMILES string of the molecule is C[C@@H]1Cc2ccccc2N1C(=O)CSCc1ccc2c(c1)OCO2. The summed E-state index contributed by atoms with van der Waals surface area (Å²) in [5.41, 5.74) is 3.48. The van der Waals surface area contributed by atoms with Crippen LogP contribution >= 0.6 is 11.8 Å². The highest BCUT2D eigenvalue weighted by Crippen LogP contribution is 2.34. The number of carbonyl (C=O) groups excluding carboxylic acids is 1. The normalized spacial score (nSPS) is 17.9. The average molecular weight is 341 g/mol. The number of hydrogen-bond acceptors (Lipinski definition) is 4. The van der Waals surface area contributed by atoms with Crippen LogP contribution < -0.4 is 14.4 Å². The van der Waals surface area contributed by atoms with Gasteiger partial charge in [-0.25, -0.2) is 0 Å². The highest BCUT2D eigenvalue weighted by molar-refractivity contribution is 7.99. The zero-order valence-electron chi connectivity index (χ0n) is 13.5. The van der Waals surface area contributed by atoms with E-state index in [0.717, 1.165) is 34.9 Å². The molecule has 2 aliphatic heterocycles. The zero-order valence-corrected chi connectivity index (χ0v) is 14.3. The van der Waals surface area contributed by atoms with Gasteiger partial charge in [0.25, 0.3) is 0 Å². The van der Waals surface area contributed by atoms with Crippen LogP contribution in [0.25, 0.3) is 0 Å². The second-order valence-corrected chi connectivity index (χ2v) is 7.11. The minimum absolute atomic E-state index is 0.179. The maximum Gasteiger partial charge on any atom is 0.237 e. The minimum Gasteiger partial charge on any atom is -0.454 e. The second kappa shape index (κ2) is 6.40. The van der Waals surface area contributed by atoms with Crippen molar-refractivity contribution in [2.24, 2.45) is 0 Å². The summed E-state index contributed by atoms with van der Waals surface area (Å²) >= 11 is 1.64. The van der Waals surface area contributed by atoms with Crippen LogP contribution in [-0.4, -0.2) is 24.5 Å². The van der Waals surface area contributed by atoms with Crippen molar-refractivity contribution in [2.75, 3.05) is 17.4 Å². The number of para-hydroxylation sites is 1. The molecule has 0 radical (unpaired) electrons. The molecule has 0 fully saturated rings. The van der Waals surface area contributed by atoms with Gasteiger partial charge < -0.3 is 14.4 Å². The van der Waals surface area contributed by atoms with E-state index in [0.29, 0.717) is 5.75 Å². The molecule has 124 valence electrons.